The lowest BCUT2D eigenvalue weighted by atomic mass is 9.82. The summed E-state index contributed by atoms with van der Waals surface area (Å²) < 4.78 is 41.3. The molecule has 1 atom stereocenters. The highest BCUT2D eigenvalue weighted by atomic mass is 19.3. The highest BCUT2D eigenvalue weighted by Gasteiger charge is 2.38. The Kier molecular flexibility index (Phi) is 5.74. The van der Waals surface area contributed by atoms with Crippen LogP contribution in [0.4, 0.5) is 18.9 Å². The molecule has 0 radical (unpaired) electrons. The zero-order valence-corrected chi connectivity index (χ0v) is 15.9. The molecule has 4 nitrogen and oxygen atoms in total. The number of hydrogen-bond donors (Lipinski definition) is 2. The third-order valence-corrected chi connectivity index (χ3v) is 5.43. The molecule has 1 aromatic carbocycles. The fraction of sp³-hybridized carbons (Fsp3) is 0.429. The Labute approximate surface area is 162 Å². The number of halogens is 3. The lowest BCUT2D eigenvalue weighted by Crippen LogP contribution is -2.44. The van der Waals surface area contributed by atoms with Crippen molar-refractivity contribution in [2.45, 2.75) is 51.5 Å². The Morgan fingerprint density at radius 1 is 1.25 bits per heavy atom. The van der Waals surface area contributed by atoms with Crippen LogP contribution in [0.5, 0.6) is 0 Å². The van der Waals surface area contributed by atoms with Gasteiger partial charge in [-0.15, -0.1) is 0 Å². The number of pyridine rings is 1. The molecule has 3 N–H and O–H groups in total. The van der Waals surface area contributed by atoms with Crippen LogP contribution in [-0.2, 0) is 4.79 Å². The highest BCUT2D eigenvalue weighted by Crippen LogP contribution is 2.37. The number of nitrogens with one attached hydrogen (secondary N) is 1. The molecule has 1 fully saturated rings. The number of anilines is 1. The normalized spacial score (nSPS) is 17.9. The molecule has 1 aliphatic rings. The van der Waals surface area contributed by atoms with Crippen LogP contribution in [-0.4, -0.2) is 22.9 Å². The number of rotatable bonds is 4. The summed E-state index contributed by atoms with van der Waals surface area (Å²) in [5.74, 6) is -3.95. The molecule has 1 amide bonds. The number of alkyl halides is 2. The fourth-order valence-electron chi connectivity index (χ4n) is 3.76. The molecular weight excluding hydrogens is 367 g/mol. The topological polar surface area (TPSA) is 68.0 Å². The zero-order chi connectivity index (χ0) is 20.5. The number of benzene rings is 1. The van der Waals surface area contributed by atoms with Crippen LogP contribution in [0.25, 0.3) is 11.1 Å². The predicted molar refractivity (Wildman–Crippen MR) is 103 cm³/mol. The average Bonchev–Trinajstić information content (AvgIpc) is 2.62. The summed E-state index contributed by atoms with van der Waals surface area (Å²) in [6.07, 6.45) is 1.56. The van der Waals surface area contributed by atoms with Crippen LogP contribution in [0.15, 0.2) is 30.5 Å². The summed E-state index contributed by atoms with van der Waals surface area (Å²) in [4.78, 5) is 16.6. The van der Waals surface area contributed by atoms with Crippen molar-refractivity contribution < 1.29 is 18.0 Å². The molecule has 3 rings (SSSR count). The number of nitrogens with two attached hydrogens (primary N) is 1. The Bertz CT molecular complexity index is 855. The summed E-state index contributed by atoms with van der Waals surface area (Å²) in [5, 5.41) is 2.60. The van der Waals surface area contributed by atoms with E-state index in [2.05, 4.69) is 10.3 Å². The van der Waals surface area contributed by atoms with Gasteiger partial charge in [-0.2, -0.15) is 0 Å². The monoisotopic (exact) mass is 391 g/mol. The number of aryl methyl sites for hydroxylation is 2. The van der Waals surface area contributed by atoms with Gasteiger partial charge in [0.25, 0.3) is 0 Å². The van der Waals surface area contributed by atoms with Crippen LogP contribution >= 0.6 is 0 Å². The van der Waals surface area contributed by atoms with Gasteiger partial charge in [-0.05, 0) is 62.4 Å². The minimum atomic E-state index is -2.67. The number of amides is 1. The second kappa shape index (κ2) is 7.91. The first-order valence-corrected chi connectivity index (χ1v) is 9.34. The summed E-state index contributed by atoms with van der Waals surface area (Å²) in [6, 6.07) is 5.34. The van der Waals surface area contributed by atoms with Crippen LogP contribution < -0.4 is 11.1 Å². The van der Waals surface area contributed by atoms with Crippen molar-refractivity contribution >= 4 is 11.6 Å². The van der Waals surface area contributed by atoms with E-state index in [1.54, 1.807) is 18.3 Å². The fourth-order valence-corrected chi connectivity index (χ4v) is 3.76. The molecule has 0 unspecified atom stereocenters. The zero-order valence-electron chi connectivity index (χ0n) is 15.9. The van der Waals surface area contributed by atoms with E-state index < -0.39 is 23.7 Å². The minimum absolute atomic E-state index is 0.203. The molecule has 28 heavy (non-hydrogen) atoms. The van der Waals surface area contributed by atoms with Gasteiger partial charge < -0.3 is 11.1 Å². The van der Waals surface area contributed by atoms with E-state index >= 15 is 0 Å². The second-order valence-electron chi connectivity index (χ2n) is 7.49. The van der Waals surface area contributed by atoms with Crippen molar-refractivity contribution in [3.8, 4) is 11.1 Å². The quantitative estimate of drug-likeness (QED) is 0.801. The van der Waals surface area contributed by atoms with Crippen molar-refractivity contribution in [1.29, 1.82) is 0 Å². The first-order valence-electron chi connectivity index (χ1n) is 9.34. The molecule has 0 spiro atoms. The largest absolute Gasteiger partial charge is 0.325 e. The summed E-state index contributed by atoms with van der Waals surface area (Å²) in [6.45, 7) is 3.69. The van der Waals surface area contributed by atoms with Crippen molar-refractivity contribution in [3.05, 3.63) is 47.5 Å². The van der Waals surface area contributed by atoms with E-state index in [9.17, 15) is 18.0 Å². The van der Waals surface area contributed by atoms with E-state index in [0.29, 0.717) is 11.3 Å². The smallest absolute Gasteiger partial charge is 0.248 e. The third kappa shape index (κ3) is 4.35. The summed E-state index contributed by atoms with van der Waals surface area (Å²) in [5.41, 5.74) is 8.99. The van der Waals surface area contributed by atoms with Gasteiger partial charge in [0.2, 0.25) is 11.8 Å². The van der Waals surface area contributed by atoms with Gasteiger partial charge in [-0.3, -0.25) is 9.78 Å². The van der Waals surface area contributed by atoms with Crippen molar-refractivity contribution in [2.24, 2.45) is 11.7 Å². The van der Waals surface area contributed by atoms with Gasteiger partial charge in [-0.25, -0.2) is 13.2 Å². The number of carbonyl (C=O) groups excluding carboxylic acids is 1. The van der Waals surface area contributed by atoms with Crippen LogP contribution in [0, 0.1) is 25.6 Å². The maximum Gasteiger partial charge on any atom is 0.248 e. The maximum atomic E-state index is 14.7. The Balaban J connectivity index is 1.72. The standard InChI is InChI=1S/C21H24F3N3O/c1-12-7-10-26-13(2)18(12)16-4-3-15(11-17(16)22)27-20(28)19(25)14-5-8-21(23,24)9-6-14/h3-4,7,10-11,14,19H,5-6,8-9,25H2,1-2H3,(H,27,28)/t19-/m0/s1. The molecule has 0 bridgehead atoms. The Morgan fingerprint density at radius 3 is 2.54 bits per heavy atom. The molecule has 0 aliphatic heterocycles. The lowest BCUT2D eigenvalue weighted by molar-refractivity contribution is -0.120. The van der Waals surface area contributed by atoms with Gasteiger partial charge >= 0.3 is 0 Å². The number of carbonyl (C=O) groups is 1. The Morgan fingerprint density at radius 2 is 1.93 bits per heavy atom. The first kappa shape index (κ1) is 20.3. The molecular formula is C21H24F3N3O. The average molecular weight is 391 g/mol. The van der Waals surface area contributed by atoms with Crippen LogP contribution in [0.2, 0.25) is 0 Å². The van der Waals surface area contributed by atoms with E-state index in [-0.39, 0.29) is 37.3 Å². The van der Waals surface area contributed by atoms with E-state index in [1.807, 2.05) is 19.9 Å². The molecule has 1 aliphatic carbocycles. The third-order valence-electron chi connectivity index (χ3n) is 5.43. The molecule has 150 valence electrons. The lowest BCUT2D eigenvalue weighted by Gasteiger charge is -2.31. The highest BCUT2D eigenvalue weighted by molar-refractivity contribution is 5.95. The molecule has 7 heteroatoms. The maximum absolute atomic E-state index is 14.7. The van der Waals surface area contributed by atoms with Crippen molar-refractivity contribution in [3.63, 3.8) is 0 Å². The number of hydrogen-bond acceptors (Lipinski definition) is 3. The SMILES string of the molecule is Cc1ccnc(C)c1-c1ccc(NC(=O)[C@@H](N)C2CCC(F)(F)CC2)cc1F. The molecule has 1 aromatic heterocycles. The molecule has 1 heterocycles. The number of aromatic nitrogens is 1. The first-order chi connectivity index (χ1) is 13.2. The van der Waals surface area contributed by atoms with E-state index in [0.717, 1.165) is 11.1 Å². The van der Waals surface area contributed by atoms with Gasteiger partial charge in [0.15, 0.2) is 0 Å². The van der Waals surface area contributed by atoms with Crippen LogP contribution in [0.1, 0.15) is 36.9 Å². The molecule has 1 saturated carbocycles. The van der Waals surface area contributed by atoms with Crippen LogP contribution in [0.3, 0.4) is 0 Å². The van der Waals surface area contributed by atoms with Crippen molar-refractivity contribution in [1.82, 2.24) is 4.98 Å². The van der Waals surface area contributed by atoms with Gasteiger partial charge in [0.1, 0.15) is 5.82 Å². The van der Waals surface area contributed by atoms with Gasteiger partial charge in [0, 0.05) is 41.5 Å². The molecule has 2 aromatic rings. The predicted octanol–water partition coefficient (Wildman–Crippen LogP) is 4.60. The minimum Gasteiger partial charge on any atom is -0.325 e. The summed E-state index contributed by atoms with van der Waals surface area (Å²) in [7, 11) is 0. The van der Waals surface area contributed by atoms with Gasteiger partial charge in [0.05, 0.1) is 6.04 Å². The molecule has 0 saturated heterocycles. The second-order valence-corrected chi connectivity index (χ2v) is 7.49. The van der Waals surface area contributed by atoms with E-state index in [1.165, 1.54) is 6.07 Å². The van der Waals surface area contributed by atoms with E-state index in [4.69, 9.17) is 5.73 Å². The van der Waals surface area contributed by atoms with Crippen molar-refractivity contribution in [2.75, 3.05) is 5.32 Å². The van der Waals surface area contributed by atoms with Gasteiger partial charge in [-0.1, -0.05) is 0 Å². The number of nitrogens with zero attached hydrogens (tertiary/aromatic N) is 1. The summed E-state index contributed by atoms with van der Waals surface area (Å²) >= 11 is 0. The Hall–Kier alpha value is -2.41.